The second-order valence-corrected chi connectivity index (χ2v) is 7.79. The highest BCUT2D eigenvalue weighted by molar-refractivity contribution is 5.76. The molecular formula is C22H29N5O. The van der Waals surface area contributed by atoms with Crippen LogP contribution in [0.15, 0.2) is 36.7 Å². The molecule has 0 saturated carbocycles. The van der Waals surface area contributed by atoms with Crippen molar-refractivity contribution in [1.82, 2.24) is 14.9 Å². The number of hydrogen-bond acceptors (Lipinski definition) is 5. The first kappa shape index (κ1) is 18.7. The van der Waals surface area contributed by atoms with E-state index in [9.17, 15) is 4.79 Å². The molecule has 2 fully saturated rings. The molecule has 0 bridgehead atoms. The van der Waals surface area contributed by atoms with Crippen LogP contribution in [-0.2, 0) is 11.2 Å². The summed E-state index contributed by atoms with van der Waals surface area (Å²) in [4.78, 5) is 28.1. The second kappa shape index (κ2) is 8.59. The highest BCUT2D eigenvalue weighted by atomic mass is 16.2. The van der Waals surface area contributed by atoms with Crippen molar-refractivity contribution >= 4 is 17.5 Å². The first-order chi connectivity index (χ1) is 13.7. The van der Waals surface area contributed by atoms with Gasteiger partial charge in [0, 0.05) is 51.8 Å². The van der Waals surface area contributed by atoms with E-state index in [0.717, 1.165) is 57.3 Å². The molecule has 0 atom stereocenters. The lowest BCUT2D eigenvalue weighted by molar-refractivity contribution is -0.131. The van der Waals surface area contributed by atoms with Crippen molar-refractivity contribution in [2.75, 3.05) is 49.1 Å². The van der Waals surface area contributed by atoms with E-state index >= 15 is 0 Å². The van der Waals surface area contributed by atoms with Gasteiger partial charge in [0.25, 0.3) is 0 Å². The molecule has 1 aromatic heterocycles. The van der Waals surface area contributed by atoms with Crippen molar-refractivity contribution in [3.8, 4) is 0 Å². The molecule has 6 nitrogen and oxygen atoms in total. The Hall–Kier alpha value is -2.63. The summed E-state index contributed by atoms with van der Waals surface area (Å²) in [7, 11) is 0. The fourth-order valence-corrected chi connectivity index (χ4v) is 4.09. The Morgan fingerprint density at radius 2 is 1.61 bits per heavy atom. The summed E-state index contributed by atoms with van der Waals surface area (Å²) in [6.45, 7) is 7.43. The molecule has 1 amide bonds. The summed E-state index contributed by atoms with van der Waals surface area (Å²) in [6.07, 6.45) is 5.54. The molecule has 3 heterocycles. The average Bonchev–Trinajstić information content (AvgIpc) is 3.27. The predicted octanol–water partition coefficient (Wildman–Crippen LogP) is 2.67. The third kappa shape index (κ3) is 4.43. The van der Waals surface area contributed by atoms with Gasteiger partial charge in [-0.25, -0.2) is 9.97 Å². The largest absolute Gasteiger partial charge is 0.356 e. The number of nitrogens with zero attached hydrogens (tertiary/aromatic N) is 5. The minimum Gasteiger partial charge on any atom is -0.356 e. The third-order valence-electron chi connectivity index (χ3n) is 5.73. The molecule has 6 heteroatoms. The lowest BCUT2D eigenvalue weighted by atomic mass is 10.1. The van der Waals surface area contributed by atoms with E-state index in [1.165, 1.54) is 24.0 Å². The minimum atomic E-state index is 0.251. The van der Waals surface area contributed by atoms with E-state index in [4.69, 9.17) is 0 Å². The van der Waals surface area contributed by atoms with Gasteiger partial charge in [-0.05, 0) is 31.7 Å². The number of aryl methyl sites for hydroxylation is 2. The van der Waals surface area contributed by atoms with Crippen LogP contribution in [-0.4, -0.2) is 60.0 Å². The normalized spacial score (nSPS) is 17.2. The van der Waals surface area contributed by atoms with Crippen molar-refractivity contribution in [2.24, 2.45) is 0 Å². The summed E-state index contributed by atoms with van der Waals surface area (Å²) < 4.78 is 0. The van der Waals surface area contributed by atoms with E-state index in [1.807, 2.05) is 4.90 Å². The maximum absolute atomic E-state index is 12.6. The zero-order valence-electron chi connectivity index (χ0n) is 16.7. The molecule has 148 valence electrons. The van der Waals surface area contributed by atoms with Crippen LogP contribution in [0.25, 0.3) is 0 Å². The average molecular weight is 380 g/mol. The molecule has 2 aliphatic heterocycles. The molecule has 28 heavy (non-hydrogen) atoms. The van der Waals surface area contributed by atoms with Crippen molar-refractivity contribution in [3.63, 3.8) is 0 Å². The first-order valence-corrected chi connectivity index (χ1v) is 10.3. The maximum Gasteiger partial charge on any atom is 0.223 e. The Morgan fingerprint density at radius 1 is 0.929 bits per heavy atom. The molecular weight excluding hydrogens is 350 g/mol. The number of carbonyl (C=O) groups is 1. The zero-order valence-corrected chi connectivity index (χ0v) is 16.7. The number of aromatic nitrogens is 2. The number of rotatable bonds is 5. The molecule has 2 saturated heterocycles. The molecule has 0 N–H and O–H groups in total. The Balaban J connectivity index is 1.29. The highest BCUT2D eigenvalue weighted by Gasteiger charge is 2.23. The molecule has 0 radical (unpaired) electrons. The third-order valence-corrected chi connectivity index (χ3v) is 5.73. The van der Waals surface area contributed by atoms with Crippen molar-refractivity contribution in [1.29, 1.82) is 0 Å². The number of piperazine rings is 1. The van der Waals surface area contributed by atoms with E-state index in [2.05, 4.69) is 57.0 Å². The fourth-order valence-electron chi connectivity index (χ4n) is 4.09. The van der Waals surface area contributed by atoms with E-state index in [0.29, 0.717) is 6.42 Å². The quantitative estimate of drug-likeness (QED) is 0.799. The van der Waals surface area contributed by atoms with Crippen molar-refractivity contribution in [3.05, 3.63) is 47.8 Å². The smallest absolute Gasteiger partial charge is 0.223 e. The summed E-state index contributed by atoms with van der Waals surface area (Å²) >= 11 is 0. The molecule has 0 unspecified atom stereocenters. The first-order valence-electron chi connectivity index (χ1n) is 10.3. The van der Waals surface area contributed by atoms with E-state index in [1.54, 1.807) is 6.33 Å². The SMILES string of the molecule is Cc1cccc(CCC(=O)N2CCN(c3cc(N4CCCC4)ncn3)CC2)c1. The van der Waals surface area contributed by atoms with Gasteiger partial charge >= 0.3 is 0 Å². The van der Waals surface area contributed by atoms with Gasteiger partial charge in [0.05, 0.1) is 0 Å². The van der Waals surface area contributed by atoms with Gasteiger partial charge in [0.15, 0.2) is 0 Å². The van der Waals surface area contributed by atoms with Gasteiger partial charge in [-0.2, -0.15) is 0 Å². The molecule has 0 aliphatic carbocycles. The number of benzene rings is 1. The van der Waals surface area contributed by atoms with E-state index in [-0.39, 0.29) is 5.91 Å². The maximum atomic E-state index is 12.6. The molecule has 4 rings (SSSR count). The Labute approximate surface area is 167 Å². The van der Waals surface area contributed by atoms with Gasteiger partial charge < -0.3 is 14.7 Å². The van der Waals surface area contributed by atoms with Gasteiger partial charge in [-0.1, -0.05) is 29.8 Å². The summed E-state index contributed by atoms with van der Waals surface area (Å²) in [5, 5.41) is 0. The van der Waals surface area contributed by atoms with Gasteiger partial charge in [-0.15, -0.1) is 0 Å². The second-order valence-electron chi connectivity index (χ2n) is 7.79. The molecule has 0 spiro atoms. The lowest BCUT2D eigenvalue weighted by Crippen LogP contribution is -2.49. The molecule has 2 aliphatic rings. The zero-order chi connectivity index (χ0) is 19.3. The van der Waals surface area contributed by atoms with Crippen LogP contribution < -0.4 is 9.80 Å². The molecule has 1 aromatic carbocycles. The topological polar surface area (TPSA) is 52.6 Å². The van der Waals surface area contributed by atoms with Crippen LogP contribution in [0, 0.1) is 6.92 Å². The Bertz CT molecular complexity index is 810. The van der Waals surface area contributed by atoms with Crippen LogP contribution in [0.2, 0.25) is 0 Å². The fraction of sp³-hybridized carbons (Fsp3) is 0.500. The summed E-state index contributed by atoms with van der Waals surface area (Å²) in [5.74, 6) is 2.25. The van der Waals surface area contributed by atoms with Gasteiger partial charge in [0.2, 0.25) is 5.91 Å². The Kier molecular flexibility index (Phi) is 5.74. The number of amides is 1. The van der Waals surface area contributed by atoms with E-state index < -0.39 is 0 Å². The van der Waals surface area contributed by atoms with Crippen LogP contribution in [0.5, 0.6) is 0 Å². The number of hydrogen-bond donors (Lipinski definition) is 0. The van der Waals surface area contributed by atoms with Gasteiger partial charge in [0.1, 0.15) is 18.0 Å². The van der Waals surface area contributed by atoms with Crippen LogP contribution in [0.3, 0.4) is 0 Å². The van der Waals surface area contributed by atoms with Crippen molar-refractivity contribution < 1.29 is 4.79 Å². The number of carbonyl (C=O) groups excluding carboxylic acids is 1. The summed E-state index contributed by atoms with van der Waals surface area (Å²) in [5.41, 5.74) is 2.49. The van der Waals surface area contributed by atoms with Gasteiger partial charge in [-0.3, -0.25) is 4.79 Å². The predicted molar refractivity (Wildman–Crippen MR) is 112 cm³/mol. The minimum absolute atomic E-state index is 0.251. The molecule has 2 aromatic rings. The highest BCUT2D eigenvalue weighted by Crippen LogP contribution is 2.22. The van der Waals surface area contributed by atoms with Crippen LogP contribution in [0.1, 0.15) is 30.4 Å². The van der Waals surface area contributed by atoms with Crippen molar-refractivity contribution in [2.45, 2.75) is 32.6 Å². The van der Waals surface area contributed by atoms with Crippen LogP contribution in [0.4, 0.5) is 11.6 Å². The Morgan fingerprint density at radius 3 is 2.29 bits per heavy atom. The summed E-state index contributed by atoms with van der Waals surface area (Å²) in [6, 6.07) is 10.5. The monoisotopic (exact) mass is 379 g/mol. The van der Waals surface area contributed by atoms with Crippen LogP contribution >= 0.6 is 0 Å². The number of anilines is 2. The lowest BCUT2D eigenvalue weighted by Gasteiger charge is -2.35. The standard InChI is InChI=1S/C22H29N5O/c1-18-5-4-6-19(15-18)7-8-22(28)27-13-11-26(12-14-27)21-16-20(23-17-24-21)25-9-2-3-10-25/h4-6,15-17H,2-3,7-14H2,1H3.